The number of aromatic nitrogens is 1. The van der Waals surface area contributed by atoms with Gasteiger partial charge in [-0.3, -0.25) is 9.71 Å². The second-order valence-corrected chi connectivity index (χ2v) is 7.06. The highest BCUT2D eigenvalue weighted by Gasteiger charge is 2.20. The summed E-state index contributed by atoms with van der Waals surface area (Å²) < 4.78 is 32.8. The number of halogens is 1. The Morgan fingerprint density at radius 1 is 0.960 bits per heavy atom. The van der Waals surface area contributed by atoms with E-state index in [2.05, 4.69) is 9.71 Å². The fourth-order valence-corrected chi connectivity index (χ4v) is 3.47. The monoisotopic (exact) mass is 376 g/mol. The summed E-state index contributed by atoms with van der Waals surface area (Å²) in [6.07, 6.45) is 3.21. The van der Waals surface area contributed by atoms with Crippen molar-refractivity contribution in [1.82, 2.24) is 4.98 Å². The lowest BCUT2D eigenvalue weighted by Crippen LogP contribution is -2.13. The Morgan fingerprint density at radius 2 is 1.60 bits per heavy atom. The van der Waals surface area contributed by atoms with Crippen LogP contribution in [-0.4, -0.2) is 18.5 Å². The van der Waals surface area contributed by atoms with Gasteiger partial charge in [-0.1, -0.05) is 17.7 Å². The SMILES string of the molecule is O=S(=O)(Nc1ccc(Oc2ccncc2)cc1)c1cccc(Cl)c1O. The lowest BCUT2D eigenvalue weighted by molar-refractivity contribution is 0.459. The third kappa shape index (κ3) is 4.01. The number of phenolic OH excluding ortho intramolecular Hbond substituents is 1. The molecule has 0 atom stereocenters. The van der Waals surface area contributed by atoms with Crippen molar-refractivity contribution < 1.29 is 18.3 Å². The summed E-state index contributed by atoms with van der Waals surface area (Å²) in [6.45, 7) is 0. The molecular formula is C17H13ClN2O4S. The molecule has 0 saturated carbocycles. The van der Waals surface area contributed by atoms with Gasteiger partial charge in [-0.05, 0) is 48.5 Å². The van der Waals surface area contributed by atoms with E-state index in [4.69, 9.17) is 16.3 Å². The molecule has 2 N–H and O–H groups in total. The van der Waals surface area contributed by atoms with Crippen molar-refractivity contribution >= 4 is 27.3 Å². The van der Waals surface area contributed by atoms with Gasteiger partial charge in [0.05, 0.1) is 5.02 Å². The predicted molar refractivity (Wildman–Crippen MR) is 94.7 cm³/mol. The number of para-hydroxylation sites is 1. The zero-order chi connectivity index (χ0) is 17.9. The lowest BCUT2D eigenvalue weighted by Gasteiger charge is -2.11. The van der Waals surface area contributed by atoms with Gasteiger partial charge in [-0.25, -0.2) is 8.42 Å². The highest BCUT2D eigenvalue weighted by Crippen LogP contribution is 2.32. The van der Waals surface area contributed by atoms with Crippen molar-refractivity contribution in [2.75, 3.05) is 4.72 Å². The Hall–Kier alpha value is -2.77. The van der Waals surface area contributed by atoms with E-state index in [0.717, 1.165) is 0 Å². The zero-order valence-corrected chi connectivity index (χ0v) is 14.3. The third-order valence-corrected chi connectivity index (χ3v) is 4.95. The van der Waals surface area contributed by atoms with E-state index >= 15 is 0 Å². The molecule has 25 heavy (non-hydrogen) atoms. The fourth-order valence-electron chi connectivity index (χ4n) is 2.06. The number of nitrogens with zero attached hydrogens (tertiary/aromatic N) is 1. The first kappa shape index (κ1) is 17.1. The van der Waals surface area contributed by atoms with E-state index in [-0.39, 0.29) is 9.92 Å². The molecule has 0 aliphatic rings. The molecule has 0 saturated heterocycles. The van der Waals surface area contributed by atoms with E-state index in [0.29, 0.717) is 17.2 Å². The lowest BCUT2D eigenvalue weighted by atomic mass is 10.3. The molecule has 3 aromatic rings. The summed E-state index contributed by atoms with van der Waals surface area (Å²) in [6, 6.07) is 13.9. The van der Waals surface area contributed by atoms with Gasteiger partial charge in [0.15, 0.2) is 5.75 Å². The number of nitrogens with one attached hydrogen (secondary N) is 1. The van der Waals surface area contributed by atoms with Gasteiger partial charge in [-0.15, -0.1) is 0 Å². The standard InChI is InChI=1S/C17H13ClN2O4S/c18-15-2-1-3-16(17(15)21)25(22,23)20-12-4-6-13(7-5-12)24-14-8-10-19-11-9-14/h1-11,20-21H. The van der Waals surface area contributed by atoms with Gasteiger partial charge in [0.2, 0.25) is 0 Å². The second-order valence-electron chi connectivity index (χ2n) is 5.00. The normalized spacial score (nSPS) is 11.1. The number of sulfonamides is 1. The van der Waals surface area contributed by atoms with Crippen LogP contribution in [0.2, 0.25) is 5.02 Å². The summed E-state index contributed by atoms with van der Waals surface area (Å²) in [7, 11) is -3.97. The number of hydrogen-bond acceptors (Lipinski definition) is 5. The van der Waals surface area contributed by atoms with E-state index in [1.165, 1.54) is 18.2 Å². The number of rotatable bonds is 5. The molecule has 0 spiro atoms. The molecule has 0 bridgehead atoms. The maximum Gasteiger partial charge on any atom is 0.265 e. The molecule has 0 unspecified atom stereocenters. The minimum Gasteiger partial charge on any atom is -0.505 e. The van der Waals surface area contributed by atoms with Crippen LogP contribution in [-0.2, 0) is 10.0 Å². The predicted octanol–water partition coefficient (Wildman–Crippen LogP) is 4.03. The van der Waals surface area contributed by atoms with Crippen molar-refractivity contribution in [3.05, 3.63) is 72.0 Å². The second kappa shape index (κ2) is 7.00. The number of aromatic hydroxyl groups is 1. The summed E-state index contributed by atoms with van der Waals surface area (Å²) in [4.78, 5) is 3.60. The zero-order valence-electron chi connectivity index (χ0n) is 12.8. The van der Waals surface area contributed by atoms with Gasteiger partial charge in [0.1, 0.15) is 16.4 Å². The minimum atomic E-state index is -3.97. The molecule has 3 rings (SSSR count). The highest BCUT2D eigenvalue weighted by atomic mass is 35.5. The molecule has 0 aliphatic heterocycles. The number of benzene rings is 2. The molecule has 128 valence electrons. The summed E-state index contributed by atoms with van der Waals surface area (Å²) >= 11 is 5.76. The molecule has 0 amide bonds. The molecule has 0 fully saturated rings. The van der Waals surface area contributed by atoms with Crippen LogP contribution in [0.25, 0.3) is 0 Å². The average molecular weight is 377 g/mol. The van der Waals surface area contributed by atoms with Crippen molar-refractivity contribution in [2.45, 2.75) is 4.90 Å². The molecule has 1 heterocycles. The van der Waals surface area contributed by atoms with E-state index < -0.39 is 15.8 Å². The number of ether oxygens (including phenoxy) is 1. The van der Waals surface area contributed by atoms with Gasteiger partial charge in [0, 0.05) is 18.1 Å². The molecule has 0 radical (unpaired) electrons. The topological polar surface area (TPSA) is 88.5 Å². The number of hydrogen-bond donors (Lipinski definition) is 2. The Balaban J connectivity index is 1.78. The maximum absolute atomic E-state index is 12.4. The van der Waals surface area contributed by atoms with Crippen LogP contribution in [0.3, 0.4) is 0 Å². The molecule has 8 heteroatoms. The van der Waals surface area contributed by atoms with Gasteiger partial charge < -0.3 is 9.84 Å². The highest BCUT2D eigenvalue weighted by molar-refractivity contribution is 7.92. The van der Waals surface area contributed by atoms with Crippen molar-refractivity contribution in [3.63, 3.8) is 0 Å². The minimum absolute atomic E-state index is 0.0380. The first-order chi connectivity index (χ1) is 12.0. The Morgan fingerprint density at radius 3 is 2.28 bits per heavy atom. The molecule has 6 nitrogen and oxygen atoms in total. The van der Waals surface area contributed by atoms with Crippen molar-refractivity contribution in [1.29, 1.82) is 0 Å². The Bertz CT molecular complexity index is 977. The number of pyridine rings is 1. The van der Waals surface area contributed by atoms with E-state index in [1.807, 2.05) is 0 Å². The van der Waals surface area contributed by atoms with Crippen LogP contribution < -0.4 is 9.46 Å². The quantitative estimate of drug-likeness (QED) is 0.701. The first-order valence-electron chi connectivity index (χ1n) is 7.14. The van der Waals surface area contributed by atoms with Gasteiger partial charge in [-0.2, -0.15) is 0 Å². The molecule has 0 aliphatic carbocycles. The average Bonchev–Trinajstić information content (AvgIpc) is 2.59. The summed E-state index contributed by atoms with van der Waals surface area (Å²) in [5, 5.41) is 9.81. The summed E-state index contributed by atoms with van der Waals surface area (Å²) in [5.41, 5.74) is 0.321. The molecular weight excluding hydrogens is 364 g/mol. The van der Waals surface area contributed by atoms with Crippen LogP contribution >= 0.6 is 11.6 Å². The number of anilines is 1. The Labute approximate surface area is 149 Å². The van der Waals surface area contributed by atoms with Crippen LogP contribution in [0, 0.1) is 0 Å². The summed E-state index contributed by atoms with van der Waals surface area (Å²) in [5.74, 6) is 0.668. The molecule has 2 aromatic carbocycles. The Kier molecular flexibility index (Phi) is 4.78. The smallest absolute Gasteiger partial charge is 0.265 e. The van der Waals surface area contributed by atoms with Gasteiger partial charge >= 0.3 is 0 Å². The van der Waals surface area contributed by atoms with Crippen molar-refractivity contribution in [2.24, 2.45) is 0 Å². The van der Waals surface area contributed by atoms with Crippen LogP contribution in [0.5, 0.6) is 17.2 Å². The van der Waals surface area contributed by atoms with Crippen LogP contribution in [0.15, 0.2) is 71.9 Å². The van der Waals surface area contributed by atoms with Gasteiger partial charge in [0.25, 0.3) is 10.0 Å². The van der Waals surface area contributed by atoms with E-state index in [9.17, 15) is 13.5 Å². The largest absolute Gasteiger partial charge is 0.505 e. The molecule has 1 aromatic heterocycles. The third-order valence-electron chi connectivity index (χ3n) is 3.23. The maximum atomic E-state index is 12.4. The number of phenols is 1. The van der Waals surface area contributed by atoms with Crippen LogP contribution in [0.4, 0.5) is 5.69 Å². The van der Waals surface area contributed by atoms with Crippen LogP contribution in [0.1, 0.15) is 0 Å². The fraction of sp³-hybridized carbons (Fsp3) is 0. The van der Waals surface area contributed by atoms with Crippen molar-refractivity contribution in [3.8, 4) is 17.2 Å². The van der Waals surface area contributed by atoms with E-state index in [1.54, 1.807) is 48.8 Å². The first-order valence-corrected chi connectivity index (χ1v) is 9.00.